The van der Waals surface area contributed by atoms with Gasteiger partial charge in [0.2, 0.25) is 0 Å². The van der Waals surface area contributed by atoms with Crippen LogP contribution in [0.25, 0.3) is 0 Å². The highest BCUT2D eigenvalue weighted by molar-refractivity contribution is 6.74. The second-order valence-electron chi connectivity index (χ2n) is 22.8. The molecule has 428 valence electrons. The first kappa shape index (κ1) is 61.0. The summed E-state index contributed by atoms with van der Waals surface area (Å²) in [5, 5.41) is 17.6. The number of rotatable bonds is 22. The van der Waals surface area contributed by atoms with Crippen molar-refractivity contribution in [3.05, 3.63) is 119 Å². The van der Waals surface area contributed by atoms with Gasteiger partial charge in [0.05, 0.1) is 35.6 Å². The largest absolute Gasteiger partial charge is 0.456 e. The summed E-state index contributed by atoms with van der Waals surface area (Å²) in [4.78, 5) is 102. The Hall–Kier alpha value is -5.64. The standard InChI is InChI=1S/C61H81NO15Si2/c1-13-78(14-2,15-3)76-45-35-46-60(37-71-46,75-40(9)64)52-54(74-56(68)43-32-26-21-27-33-43)61(70)36-44(39(8)48(58(61,10)11)50(53(66)59(45,52)12)73-47(65)34-38(7)63)72-57(69)51(77-79(16-4,17-5)18-6)49(41-28-22-19-23-29-41)62-55(67)42-30-24-20-25-31-42/h19-33,44-46,49-52,54,70H,13-18,34-37H2,1-12H3,(H,62,67)/t44-,45+,46+,49-,50+,51+,52-,54-,59+,60-,61+/m0/s1. The minimum atomic E-state index is -2.79. The fraction of sp³-hybridized carbons (Fsp3) is 0.557. The van der Waals surface area contributed by atoms with Gasteiger partial charge in [0.15, 0.2) is 40.2 Å². The van der Waals surface area contributed by atoms with Gasteiger partial charge in [0.1, 0.15) is 36.1 Å². The number of amides is 1. The van der Waals surface area contributed by atoms with Gasteiger partial charge in [-0.3, -0.25) is 24.0 Å². The molecule has 0 radical (unpaired) electrons. The number of carbonyl (C=O) groups is 7. The minimum absolute atomic E-state index is 0.0389. The van der Waals surface area contributed by atoms with Gasteiger partial charge in [0.25, 0.3) is 5.91 Å². The third-order valence-electron chi connectivity index (χ3n) is 18.4. The maximum Gasteiger partial charge on any atom is 0.338 e. The van der Waals surface area contributed by atoms with Crippen molar-refractivity contribution in [2.75, 3.05) is 6.61 Å². The van der Waals surface area contributed by atoms with E-state index in [9.17, 15) is 29.1 Å². The van der Waals surface area contributed by atoms with E-state index in [1.165, 1.54) is 13.8 Å². The van der Waals surface area contributed by atoms with Crippen molar-refractivity contribution >= 4 is 58.0 Å². The maximum atomic E-state index is 16.8. The van der Waals surface area contributed by atoms with Crippen LogP contribution < -0.4 is 5.32 Å². The van der Waals surface area contributed by atoms with Gasteiger partial charge in [-0.2, -0.15) is 0 Å². The molecule has 0 unspecified atom stereocenters. The first-order valence-electron chi connectivity index (χ1n) is 28.1. The van der Waals surface area contributed by atoms with Crippen LogP contribution in [-0.2, 0) is 56.5 Å². The quantitative estimate of drug-likeness (QED) is 0.0315. The molecule has 0 aromatic heterocycles. The molecule has 18 heteroatoms. The van der Waals surface area contributed by atoms with Crippen molar-refractivity contribution < 1.29 is 71.2 Å². The second kappa shape index (κ2) is 24.2. The van der Waals surface area contributed by atoms with Crippen LogP contribution >= 0.6 is 0 Å². The van der Waals surface area contributed by atoms with E-state index in [0.717, 1.165) is 0 Å². The van der Waals surface area contributed by atoms with E-state index in [0.29, 0.717) is 47.4 Å². The van der Waals surface area contributed by atoms with E-state index < -0.39 is 141 Å². The Balaban J connectivity index is 1.51. The van der Waals surface area contributed by atoms with Crippen molar-refractivity contribution in [1.29, 1.82) is 0 Å². The highest BCUT2D eigenvalue weighted by Crippen LogP contribution is 2.65. The van der Waals surface area contributed by atoms with Crippen molar-refractivity contribution in [1.82, 2.24) is 5.32 Å². The third kappa shape index (κ3) is 11.4. The molecule has 1 heterocycles. The van der Waals surface area contributed by atoms with Crippen molar-refractivity contribution in [2.24, 2.45) is 16.7 Å². The summed E-state index contributed by atoms with van der Waals surface area (Å²) in [6, 6.07) is 28.4. The van der Waals surface area contributed by atoms with E-state index in [-0.39, 0.29) is 29.7 Å². The lowest BCUT2D eigenvalue weighted by Crippen LogP contribution is -2.82. The molecule has 2 saturated carbocycles. The lowest BCUT2D eigenvalue weighted by molar-refractivity contribution is -0.344. The minimum Gasteiger partial charge on any atom is -0.456 e. The zero-order valence-corrected chi connectivity index (χ0v) is 50.0. The molecule has 7 rings (SSSR count). The van der Waals surface area contributed by atoms with Crippen molar-refractivity contribution in [2.45, 2.75) is 192 Å². The number of aliphatic hydroxyl groups is 1. The number of hydrogen-bond donors (Lipinski definition) is 2. The number of esters is 4. The topological polar surface area (TPSA) is 216 Å². The summed E-state index contributed by atoms with van der Waals surface area (Å²) in [5.41, 5.74) is -6.50. The Morgan fingerprint density at radius 1 is 0.747 bits per heavy atom. The number of benzene rings is 3. The van der Waals surface area contributed by atoms with Crippen molar-refractivity contribution in [3.63, 3.8) is 0 Å². The number of carbonyl (C=O) groups excluding carboxylic acids is 7. The molecule has 16 nitrogen and oxygen atoms in total. The summed E-state index contributed by atoms with van der Waals surface area (Å²) in [7, 11) is -5.51. The van der Waals surface area contributed by atoms with Crippen LogP contribution in [0, 0.1) is 16.7 Å². The second-order valence-corrected chi connectivity index (χ2v) is 32.2. The molecule has 3 fully saturated rings. The zero-order chi connectivity index (χ0) is 57.9. The van der Waals surface area contributed by atoms with E-state index in [4.69, 9.17) is 32.5 Å². The number of nitrogens with one attached hydrogen (secondary N) is 1. The molecule has 4 aliphatic rings. The van der Waals surface area contributed by atoms with Gasteiger partial charge in [-0.1, -0.05) is 122 Å². The number of Topliss-reactive ketones (excluding diaryl/α,β-unsaturated/α-hetero) is 2. The molecule has 1 amide bonds. The van der Waals surface area contributed by atoms with E-state index in [1.807, 2.05) is 47.6 Å². The molecule has 79 heavy (non-hydrogen) atoms. The predicted molar refractivity (Wildman–Crippen MR) is 299 cm³/mol. The van der Waals surface area contributed by atoms with E-state index in [2.05, 4.69) is 5.32 Å². The predicted octanol–water partition coefficient (Wildman–Crippen LogP) is 9.75. The first-order valence-corrected chi connectivity index (χ1v) is 33.2. The lowest BCUT2D eigenvalue weighted by atomic mass is 9.44. The van der Waals surface area contributed by atoms with Gasteiger partial charge >= 0.3 is 23.9 Å². The molecular weight excluding hydrogens is 1040 g/mol. The Kier molecular flexibility index (Phi) is 18.7. The highest BCUT2D eigenvalue weighted by Gasteiger charge is 2.79. The summed E-state index contributed by atoms with van der Waals surface area (Å²) in [5.74, 6) is -6.76. The van der Waals surface area contributed by atoms with E-state index in [1.54, 1.807) is 113 Å². The smallest absolute Gasteiger partial charge is 0.338 e. The van der Waals surface area contributed by atoms with Crippen LogP contribution in [0.3, 0.4) is 0 Å². The summed E-state index contributed by atoms with van der Waals surface area (Å²) in [6.45, 7) is 20.9. The molecule has 0 spiro atoms. The van der Waals surface area contributed by atoms with Crippen LogP contribution in [-0.4, -0.2) is 118 Å². The van der Waals surface area contributed by atoms with Crippen LogP contribution in [0.4, 0.5) is 0 Å². The lowest BCUT2D eigenvalue weighted by Gasteiger charge is -2.68. The number of ether oxygens (including phenoxy) is 5. The molecule has 2 bridgehead atoms. The Labute approximate surface area is 467 Å². The van der Waals surface area contributed by atoms with Gasteiger partial charge < -0.3 is 43.0 Å². The molecule has 3 aromatic carbocycles. The van der Waals surface area contributed by atoms with Gasteiger partial charge in [-0.25, -0.2) is 9.59 Å². The van der Waals surface area contributed by atoms with Crippen LogP contribution in [0.5, 0.6) is 0 Å². The van der Waals surface area contributed by atoms with Crippen LogP contribution in [0.2, 0.25) is 36.3 Å². The highest BCUT2D eigenvalue weighted by atomic mass is 28.4. The molecule has 1 aliphatic heterocycles. The third-order valence-corrected chi connectivity index (χ3v) is 27.7. The average molecular weight is 1120 g/mol. The maximum absolute atomic E-state index is 16.8. The summed E-state index contributed by atoms with van der Waals surface area (Å²) < 4.78 is 47.3. The van der Waals surface area contributed by atoms with Crippen LogP contribution in [0.1, 0.15) is 135 Å². The summed E-state index contributed by atoms with van der Waals surface area (Å²) >= 11 is 0. The molecule has 2 N–H and O–H groups in total. The zero-order valence-electron chi connectivity index (χ0n) is 48.0. The van der Waals surface area contributed by atoms with Gasteiger partial charge in [-0.05, 0) is 98.0 Å². The first-order chi connectivity index (χ1) is 37.4. The van der Waals surface area contributed by atoms with Gasteiger partial charge in [0, 0.05) is 30.7 Å². The SMILES string of the molecule is CC[Si](CC)(CC)O[C@@H](C(=O)O[C@H]1C[C@@]2(O)[C@@H](OC(=O)c3ccccc3)[C@@H]3[C@]4(OC(C)=O)CO[C@@H]4C[C@@H](O[Si](CC)(CC)CC)[C@@]3(C)C(=O)[C@H](OC(=O)CC(C)=O)C(=C1C)C2(C)C)[C@@H](NC(=O)c1ccccc1)c1ccccc1. The Morgan fingerprint density at radius 2 is 1.29 bits per heavy atom. The van der Waals surface area contributed by atoms with Gasteiger partial charge in [-0.15, -0.1) is 0 Å². The summed E-state index contributed by atoms with van der Waals surface area (Å²) in [6.07, 6.45) is -9.72. The molecule has 11 atom stereocenters. The van der Waals surface area contributed by atoms with Crippen LogP contribution in [0.15, 0.2) is 102 Å². The Bertz CT molecular complexity index is 2750. The average Bonchev–Trinajstić information content (AvgIpc) is 2.98. The normalized spacial score (nSPS) is 28.0. The number of fused-ring (bicyclic) bond motifs is 5. The fourth-order valence-corrected chi connectivity index (χ4v) is 18.9. The molecular formula is C61H81NO15Si2. The number of hydrogen-bond acceptors (Lipinski definition) is 15. The van der Waals surface area contributed by atoms with Crippen molar-refractivity contribution in [3.8, 4) is 0 Å². The molecule has 1 saturated heterocycles. The monoisotopic (exact) mass is 1120 g/mol. The molecule has 3 aromatic rings. The molecule has 3 aliphatic carbocycles. The number of ketones is 2. The fourth-order valence-electron chi connectivity index (χ4n) is 13.2. The van der Waals surface area contributed by atoms with E-state index >= 15 is 9.59 Å². The Morgan fingerprint density at radius 3 is 1.80 bits per heavy atom.